The topological polar surface area (TPSA) is 72.7 Å². The number of nitrogens with one attached hydrogen (secondary N) is 1. The number of rotatable bonds is 4. The minimum atomic E-state index is -0.409. The Bertz CT molecular complexity index is 611. The van der Waals surface area contributed by atoms with E-state index >= 15 is 0 Å². The van der Waals surface area contributed by atoms with Gasteiger partial charge in [0.1, 0.15) is 3.92 Å². The summed E-state index contributed by atoms with van der Waals surface area (Å²) in [5.41, 5.74) is 1.21. The lowest BCUT2D eigenvalue weighted by atomic mass is 10.2. The van der Waals surface area contributed by atoms with Crippen molar-refractivity contribution in [1.29, 1.82) is 0 Å². The van der Waals surface area contributed by atoms with Crippen LogP contribution in [0.2, 0.25) is 0 Å². The maximum atomic E-state index is 12.0. The monoisotopic (exact) mass is 373 g/mol. The van der Waals surface area contributed by atoms with Crippen LogP contribution in [0, 0.1) is 0 Å². The van der Waals surface area contributed by atoms with Gasteiger partial charge >= 0.3 is 5.97 Å². The van der Waals surface area contributed by atoms with Gasteiger partial charge in [-0.15, -0.1) is 0 Å². The number of alkyl halides is 1. The number of pyridine rings is 1. The van der Waals surface area contributed by atoms with Crippen molar-refractivity contribution >= 4 is 40.0 Å². The van der Waals surface area contributed by atoms with Gasteiger partial charge in [0, 0.05) is 12.7 Å². The van der Waals surface area contributed by atoms with Gasteiger partial charge in [-0.05, 0) is 12.1 Å². The van der Waals surface area contributed by atoms with Crippen molar-refractivity contribution < 1.29 is 14.3 Å². The van der Waals surface area contributed by atoms with Gasteiger partial charge in [-0.1, -0.05) is 28.7 Å². The Balaban J connectivity index is 2.06. The van der Waals surface area contributed by atoms with Crippen molar-refractivity contribution in [2.75, 3.05) is 13.7 Å². The SMILES string of the molecule is COC(=O)C(I)CNC(=O)c1cnn2ccccc12. The lowest BCUT2D eigenvalue weighted by molar-refractivity contribution is -0.139. The first-order chi connectivity index (χ1) is 9.13. The van der Waals surface area contributed by atoms with Crippen molar-refractivity contribution in [2.24, 2.45) is 0 Å². The molecule has 0 saturated carbocycles. The number of amides is 1. The van der Waals surface area contributed by atoms with Gasteiger partial charge in [-0.3, -0.25) is 9.59 Å². The van der Waals surface area contributed by atoms with Crippen molar-refractivity contribution in [3.8, 4) is 0 Å². The molecule has 1 unspecified atom stereocenters. The first-order valence-corrected chi connectivity index (χ1v) is 6.80. The number of methoxy groups -OCH3 is 1. The molecule has 0 aliphatic heterocycles. The van der Waals surface area contributed by atoms with Crippen LogP contribution >= 0.6 is 22.6 Å². The van der Waals surface area contributed by atoms with Crippen LogP contribution in [0.4, 0.5) is 0 Å². The van der Waals surface area contributed by atoms with Gasteiger partial charge in [0.25, 0.3) is 5.91 Å². The van der Waals surface area contributed by atoms with Gasteiger partial charge < -0.3 is 10.1 Å². The number of hydrogen-bond acceptors (Lipinski definition) is 4. The number of hydrogen-bond donors (Lipinski definition) is 1. The average molecular weight is 373 g/mol. The molecule has 2 rings (SSSR count). The van der Waals surface area contributed by atoms with E-state index in [1.54, 1.807) is 10.7 Å². The molecule has 1 amide bonds. The van der Waals surface area contributed by atoms with Crippen LogP contribution in [-0.2, 0) is 9.53 Å². The number of nitrogens with zero attached hydrogens (tertiary/aromatic N) is 2. The molecule has 7 heteroatoms. The van der Waals surface area contributed by atoms with Gasteiger partial charge in [-0.25, -0.2) is 4.52 Å². The number of ether oxygens (including phenoxy) is 1. The highest BCUT2D eigenvalue weighted by Crippen LogP contribution is 2.10. The quantitative estimate of drug-likeness (QED) is 0.494. The third-order valence-corrected chi connectivity index (χ3v) is 3.52. The van der Waals surface area contributed by atoms with Crippen LogP contribution in [0.5, 0.6) is 0 Å². The van der Waals surface area contributed by atoms with Crippen LogP contribution in [0.3, 0.4) is 0 Å². The van der Waals surface area contributed by atoms with E-state index in [0.29, 0.717) is 5.56 Å². The molecule has 2 aromatic heterocycles. The molecule has 0 aliphatic rings. The predicted octanol–water partition coefficient (Wildman–Crippen LogP) is 1.04. The largest absolute Gasteiger partial charge is 0.468 e. The van der Waals surface area contributed by atoms with Crippen molar-refractivity contribution in [3.63, 3.8) is 0 Å². The van der Waals surface area contributed by atoms with Crippen molar-refractivity contribution in [2.45, 2.75) is 3.92 Å². The van der Waals surface area contributed by atoms with Crippen LogP contribution < -0.4 is 5.32 Å². The molecule has 0 fully saturated rings. The minimum absolute atomic E-state index is 0.218. The highest BCUT2D eigenvalue weighted by atomic mass is 127. The highest BCUT2D eigenvalue weighted by Gasteiger charge is 2.18. The normalized spacial score (nSPS) is 12.1. The van der Waals surface area contributed by atoms with Crippen LogP contribution in [0.15, 0.2) is 30.6 Å². The average Bonchev–Trinajstić information content (AvgIpc) is 2.87. The Morgan fingerprint density at radius 3 is 3.05 bits per heavy atom. The summed E-state index contributed by atoms with van der Waals surface area (Å²) < 4.78 is 5.80. The van der Waals surface area contributed by atoms with Gasteiger partial charge in [0.2, 0.25) is 0 Å². The Kier molecular flexibility index (Phi) is 4.35. The summed E-state index contributed by atoms with van der Waals surface area (Å²) in [5.74, 6) is -0.618. The molecule has 0 radical (unpaired) electrons. The summed E-state index contributed by atoms with van der Waals surface area (Å²) in [4.78, 5) is 23.2. The second-order valence-electron chi connectivity index (χ2n) is 3.79. The molecule has 0 spiro atoms. The van der Waals surface area contributed by atoms with Crippen molar-refractivity contribution in [1.82, 2.24) is 14.9 Å². The number of esters is 1. The molecule has 100 valence electrons. The molecule has 6 nitrogen and oxygen atoms in total. The van der Waals surface area contributed by atoms with E-state index in [0.717, 1.165) is 5.52 Å². The van der Waals surface area contributed by atoms with E-state index in [4.69, 9.17) is 0 Å². The molecule has 0 saturated heterocycles. The van der Waals surface area contributed by atoms with E-state index in [1.165, 1.54) is 13.3 Å². The van der Waals surface area contributed by atoms with E-state index in [1.807, 2.05) is 40.8 Å². The summed E-state index contributed by atoms with van der Waals surface area (Å²) in [6, 6.07) is 5.48. The highest BCUT2D eigenvalue weighted by molar-refractivity contribution is 14.1. The smallest absolute Gasteiger partial charge is 0.320 e. The lowest BCUT2D eigenvalue weighted by Crippen LogP contribution is -2.33. The number of carbonyl (C=O) groups excluding carboxylic acids is 2. The zero-order valence-corrected chi connectivity index (χ0v) is 12.3. The third kappa shape index (κ3) is 3.03. The van der Waals surface area contributed by atoms with Crippen LogP contribution in [0.1, 0.15) is 10.4 Å². The standard InChI is InChI=1S/C12H12IN3O3/c1-19-12(18)9(13)7-14-11(17)8-6-15-16-5-3-2-4-10(8)16/h2-6,9H,7H2,1H3,(H,14,17). The van der Waals surface area contributed by atoms with E-state index < -0.39 is 3.92 Å². The fourth-order valence-electron chi connectivity index (χ4n) is 1.60. The van der Waals surface area contributed by atoms with E-state index in [9.17, 15) is 9.59 Å². The number of carbonyl (C=O) groups is 2. The molecule has 19 heavy (non-hydrogen) atoms. The molecule has 1 N–H and O–H groups in total. The second kappa shape index (κ2) is 6.00. The van der Waals surface area contributed by atoms with Crippen LogP contribution in [0.25, 0.3) is 5.52 Å². The van der Waals surface area contributed by atoms with E-state index in [-0.39, 0.29) is 18.4 Å². The molecule has 1 atom stereocenters. The number of halogens is 1. The zero-order chi connectivity index (χ0) is 13.8. The molecular formula is C12H12IN3O3. The molecule has 0 aliphatic carbocycles. The van der Waals surface area contributed by atoms with Gasteiger partial charge in [-0.2, -0.15) is 5.10 Å². The van der Waals surface area contributed by atoms with E-state index in [2.05, 4.69) is 15.2 Å². The molecule has 2 heterocycles. The Morgan fingerprint density at radius 2 is 2.32 bits per heavy atom. The first-order valence-electron chi connectivity index (χ1n) is 5.56. The number of aromatic nitrogens is 2. The summed E-state index contributed by atoms with van der Waals surface area (Å²) >= 11 is 1.93. The summed E-state index contributed by atoms with van der Waals surface area (Å²) in [5, 5.41) is 6.77. The Labute approximate surface area is 123 Å². The summed E-state index contributed by atoms with van der Waals surface area (Å²) in [7, 11) is 1.32. The van der Waals surface area contributed by atoms with Crippen LogP contribution in [-0.4, -0.2) is 39.1 Å². The Morgan fingerprint density at radius 1 is 1.53 bits per heavy atom. The maximum Gasteiger partial charge on any atom is 0.320 e. The van der Waals surface area contributed by atoms with Crippen molar-refractivity contribution in [3.05, 3.63) is 36.2 Å². The molecule has 0 bridgehead atoms. The van der Waals surface area contributed by atoms with Gasteiger partial charge in [0.05, 0.1) is 24.4 Å². The minimum Gasteiger partial charge on any atom is -0.468 e. The van der Waals surface area contributed by atoms with Gasteiger partial charge in [0.15, 0.2) is 0 Å². The summed E-state index contributed by atoms with van der Waals surface area (Å²) in [6.45, 7) is 0.218. The summed E-state index contributed by atoms with van der Waals surface area (Å²) in [6.07, 6.45) is 3.27. The Hall–Kier alpha value is -1.64. The second-order valence-corrected chi connectivity index (χ2v) is 5.29. The fraction of sp³-hybridized carbons (Fsp3) is 0.250. The zero-order valence-electron chi connectivity index (χ0n) is 10.2. The molecule has 2 aromatic rings. The predicted molar refractivity (Wildman–Crippen MR) is 77.3 cm³/mol. The maximum absolute atomic E-state index is 12.0. The molecule has 0 aromatic carbocycles. The lowest BCUT2D eigenvalue weighted by Gasteiger charge is -2.08. The molecular weight excluding hydrogens is 361 g/mol. The first kappa shape index (κ1) is 13.8. The third-order valence-electron chi connectivity index (χ3n) is 2.57. The number of fused-ring (bicyclic) bond motifs is 1. The fourth-order valence-corrected chi connectivity index (χ4v) is 2.07.